The van der Waals surface area contributed by atoms with Gasteiger partial charge in [-0.2, -0.15) is 0 Å². The number of amides is 1. The molecule has 0 bridgehead atoms. The molecule has 1 amide bonds. The van der Waals surface area contributed by atoms with Crippen LogP contribution >= 0.6 is 0 Å². The lowest BCUT2D eigenvalue weighted by atomic mass is 9.89. The highest BCUT2D eigenvalue weighted by molar-refractivity contribution is 5.85. The van der Waals surface area contributed by atoms with Crippen molar-refractivity contribution in [3.63, 3.8) is 0 Å². The van der Waals surface area contributed by atoms with Crippen molar-refractivity contribution in [2.45, 2.75) is 25.4 Å². The minimum absolute atomic E-state index is 0.119. The molecule has 4 heteroatoms. The average molecular weight is 171 g/mol. The quantitative estimate of drug-likeness (QED) is 0.540. The van der Waals surface area contributed by atoms with E-state index in [1.165, 1.54) is 0 Å². The lowest BCUT2D eigenvalue weighted by Gasteiger charge is -2.45. The summed E-state index contributed by atoms with van der Waals surface area (Å²) in [5.74, 6) is -0.260. The summed E-state index contributed by atoms with van der Waals surface area (Å²) < 4.78 is 0. The van der Waals surface area contributed by atoms with Crippen LogP contribution < -0.4 is 11.1 Å². The van der Waals surface area contributed by atoms with Crippen LogP contribution in [0.5, 0.6) is 0 Å². The highest BCUT2D eigenvalue weighted by Crippen LogP contribution is 2.20. The van der Waals surface area contributed by atoms with E-state index in [-0.39, 0.29) is 11.9 Å². The predicted octanol–water partition coefficient (Wildman–Crippen LogP) is -0.846. The highest BCUT2D eigenvalue weighted by Gasteiger charge is 2.42. The summed E-state index contributed by atoms with van der Waals surface area (Å²) in [5.41, 5.74) is 4.82. The molecule has 0 aromatic rings. The fraction of sp³-hybridized carbons (Fsp3) is 0.875. The first-order valence-electron chi connectivity index (χ1n) is 4.24. The molecule has 0 aromatic heterocycles. The van der Waals surface area contributed by atoms with Crippen LogP contribution in [0.1, 0.15) is 13.8 Å². The van der Waals surface area contributed by atoms with Crippen LogP contribution in [0.4, 0.5) is 0 Å². The molecule has 1 rings (SSSR count). The Hall–Kier alpha value is -0.610. The van der Waals surface area contributed by atoms with E-state index in [1.807, 2.05) is 25.8 Å². The fourth-order valence-electron chi connectivity index (χ4n) is 1.61. The Morgan fingerprint density at radius 2 is 2.33 bits per heavy atom. The van der Waals surface area contributed by atoms with Gasteiger partial charge < -0.3 is 11.1 Å². The molecule has 0 saturated carbocycles. The number of nitrogens with two attached hydrogens (primary N) is 1. The van der Waals surface area contributed by atoms with E-state index in [2.05, 4.69) is 5.32 Å². The Labute approximate surface area is 73.1 Å². The number of nitrogens with one attached hydrogen (secondary N) is 1. The van der Waals surface area contributed by atoms with Gasteiger partial charge in [0.15, 0.2) is 0 Å². The highest BCUT2D eigenvalue weighted by atomic mass is 16.1. The van der Waals surface area contributed by atoms with Crippen molar-refractivity contribution in [1.29, 1.82) is 0 Å². The summed E-state index contributed by atoms with van der Waals surface area (Å²) in [6.45, 7) is 5.65. The fourth-order valence-corrected chi connectivity index (χ4v) is 1.61. The van der Waals surface area contributed by atoms with Crippen molar-refractivity contribution < 1.29 is 4.79 Å². The van der Waals surface area contributed by atoms with Gasteiger partial charge in [0.2, 0.25) is 5.91 Å². The standard InChI is InChI=1S/C8H17N3O/c1-6-8(2,7(9)12)11(3)5-4-10-6/h6,10H,4-5H2,1-3H3,(H2,9,12). The summed E-state index contributed by atoms with van der Waals surface area (Å²) in [4.78, 5) is 13.2. The monoisotopic (exact) mass is 171 g/mol. The first kappa shape index (κ1) is 9.48. The topological polar surface area (TPSA) is 58.4 Å². The number of hydrogen-bond donors (Lipinski definition) is 2. The molecule has 0 aliphatic carbocycles. The van der Waals surface area contributed by atoms with Crippen LogP contribution in [0.3, 0.4) is 0 Å². The molecule has 1 aliphatic rings. The first-order valence-corrected chi connectivity index (χ1v) is 4.24. The maximum absolute atomic E-state index is 11.2. The van der Waals surface area contributed by atoms with E-state index in [0.717, 1.165) is 13.1 Å². The molecule has 12 heavy (non-hydrogen) atoms. The largest absolute Gasteiger partial charge is 0.368 e. The number of nitrogens with zero attached hydrogens (tertiary/aromatic N) is 1. The number of carbonyl (C=O) groups is 1. The van der Waals surface area contributed by atoms with Crippen molar-refractivity contribution in [1.82, 2.24) is 10.2 Å². The van der Waals surface area contributed by atoms with Crippen molar-refractivity contribution in [3.8, 4) is 0 Å². The third-order valence-corrected chi connectivity index (χ3v) is 3.03. The van der Waals surface area contributed by atoms with E-state index in [4.69, 9.17) is 5.73 Å². The van der Waals surface area contributed by atoms with E-state index in [1.54, 1.807) is 0 Å². The number of likely N-dealkylation sites (N-methyl/N-ethyl adjacent to an activating group) is 1. The summed E-state index contributed by atoms with van der Waals surface area (Å²) in [5, 5.41) is 3.24. The summed E-state index contributed by atoms with van der Waals surface area (Å²) in [7, 11) is 1.93. The van der Waals surface area contributed by atoms with E-state index < -0.39 is 5.54 Å². The molecular formula is C8H17N3O. The predicted molar refractivity (Wildman–Crippen MR) is 47.7 cm³/mol. The Balaban J connectivity index is 2.87. The summed E-state index contributed by atoms with van der Waals surface area (Å²) in [6, 6.07) is 0.119. The molecule has 1 heterocycles. The van der Waals surface area contributed by atoms with Crippen molar-refractivity contribution in [2.24, 2.45) is 5.73 Å². The minimum atomic E-state index is -0.543. The van der Waals surface area contributed by atoms with Gasteiger partial charge in [0.1, 0.15) is 5.54 Å². The first-order chi connectivity index (χ1) is 5.49. The SMILES string of the molecule is CC1NCCN(C)C1(C)C(N)=O. The molecule has 0 radical (unpaired) electrons. The maximum Gasteiger partial charge on any atom is 0.239 e. The van der Waals surface area contributed by atoms with Gasteiger partial charge in [-0.1, -0.05) is 0 Å². The zero-order valence-electron chi connectivity index (χ0n) is 7.92. The van der Waals surface area contributed by atoms with Crippen LogP contribution in [0.2, 0.25) is 0 Å². The molecule has 0 spiro atoms. The third-order valence-electron chi connectivity index (χ3n) is 3.03. The number of primary amides is 1. The molecule has 4 nitrogen and oxygen atoms in total. The van der Waals surface area contributed by atoms with Crippen molar-refractivity contribution in [2.75, 3.05) is 20.1 Å². The van der Waals surface area contributed by atoms with Crippen LogP contribution in [0, 0.1) is 0 Å². The van der Waals surface area contributed by atoms with Gasteiger partial charge in [-0.05, 0) is 20.9 Å². The smallest absolute Gasteiger partial charge is 0.239 e. The van der Waals surface area contributed by atoms with Crippen molar-refractivity contribution >= 4 is 5.91 Å². The molecule has 0 aromatic carbocycles. The van der Waals surface area contributed by atoms with Gasteiger partial charge in [-0.3, -0.25) is 9.69 Å². The van der Waals surface area contributed by atoms with Crippen LogP contribution in [-0.4, -0.2) is 42.5 Å². The number of rotatable bonds is 1. The second-order valence-corrected chi connectivity index (χ2v) is 3.61. The average Bonchev–Trinajstić information content (AvgIpc) is 1.99. The molecule has 2 unspecified atom stereocenters. The second-order valence-electron chi connectivity index (χ2n) is 3.61. The number of hydrogen-bond acceptors (Lipinski definition) is 3. The Morgan fingerprint density at radius 3 is 2.67 bits per heavy atom. The molecule has 1 fully saturated rings. The van der Waals surface area contributed by atoms with Crippen LogP contribution in [-0.2, 0) is 4.79 Å². The molecule has 1 saturated heterocycles. The molecule has 3 N–H and O–H groups in total. The Morgan fingerprint density at radius 1 is 1.75 bits per heavy atom. The zero-order chi connectivity index (χ0) is 9.35. The Bertz CT molecular complexity index is 183. The lowest BCUT2D eigenvalue weighted by Crippen LogP contribution is -2.68. The van der Waals surface area contributed by atoms with Gasteiger partial charge in [0.25, 0.3) is 0 Å². The second kappa shape index (κ2) is 3.03. The molecule has 2 atom stereocenters. The minimum Gasteiger partial charge on any atom is -0.368 e. The van der Waals surface area contributed by atoms with E-state index >= 15 is 0 Å². The number of piperazine rings is 1. The van der Waals surface area contributed by atoms with Gasteiger partial charge in [0, 0.05) is 19.1 Å². The summed E-state index contributed by atoms with van der Waals surface area (Å²) in [6.07, 6.45) is 0. The molecular weight excluding hydrogens is 154 g/mol. The van der Waals surface area contributed by atoms with E-state index in [0.29, 0.717) is 0 Å². The van der Waals surface area contributed by atoms with Gasteiger partial charge >= 0.3 is 0 Å². The molecule has 70 valence electrons. The van der Waals surface area contributed by atoms with Crippen molar-refractivity contribution in [3.05, 3.63) is 0 Å². The van der Waals surface area contributed by atoms with E-state index in [9.17, 15) is 4.79 Å². The third kappa shape index (κ3) is 1.21. The van der Waals surface area contributed by atoms with Gasteiger partial charge in [0.05, 0.1) is 0 Å². The lowest BCUT2D eigenvalue weighted by molar-refractivity contribution is -0.131. The molecule has 1 aliphatic heterocycles. The maximum atomic E-state index is 11.2. The van der Waals surface area contributed by atoms with Gasteiger partial charge in [-0.15, -0.1) is 0 Å². The van der Waals surface area contributed by atoms with Crippen LogP contribution in [0.15, 0.2) is 0 Å². The van der Waals surface area contributed by atoms with Crippen LogP contribution in [0.25, 0.3) is 0 Å². The normalized spacial score (nSPS) is 38.1. The zero-order valence-corrected chi connectivity index (χ0v) is 7.92. The summed E-state index contributed by atoms with van der Waals surface area (Å²) >= 11 is 0. The Kier molecular flexibility index (Phi) is 2.39. The number of carbonyl (C=O) groups excluding carboxylic acids is 1. The van der Waals surface area contributed by atoms with Gasteiger partial charge in [-0.25, -0.2) is 0 Å².